The molecule has 2 unspecified atom stereocenters. The number of rotatable bonds is 3. The summed E-state index contributed by atoms with van der Waals surface area (Å²) in [5.41, 5.74) is 0. The normalized spacial score (nSPS) is 30.5. The molecule has 0 N–H and O–H groups in total. The molecule has 0 aromatic carbocycles. The van der Waals surface area contributed by atoms with Gasteiger partial charge in [-0.15, -0.1) is 11.6 Å². The van der Waals surface area contributed by atoms with Crippen LogP contribution in [0.25, 0.3) is 0 Å². The molecule has 2 saturated heterocycles. The van der Waals surface area contributed by atoms with Crippen LogP contribution in [0.3, 0.4) is 0 Å². The third-order valence-electron chi connectivity index (χ3n) is 3.46. The van der Waals surface area contributed by atoms with Crippen LogP contribution in [0.2, 0.25) is 0 Å². The van der Waals surface area contributed by atoms with E-state index in [-0.39, 0.29) is 5.38 Å². The van der Waals surface area contributed by atoms with Gasteiger partial charge in [-0.1, -0.05) is 0 Å². The Hall–Kier alpha value is -0.300. The molecule has 2 rings (SSSR count). The first-order valence-electron chi connectivity index (χ1n) is 5.79. The fourth-order valence-electron chi connectivity index (χ4n) is 2.65. The molecule has 0 aromatic heterocycles. The number of hydrogen-bond acceptors (Lipinski definition) is 3. The molecule has 0 amide bonds. The Morgan fingerprint density at radius 3 is 2.73 bits per heavy atom. The first-order valence-corrected chi connectivity index (χ1v) is 6.23. The van der Waals surface area contributed by atoms with Crippen molar-refractivity contribution in [2.45, 2.75) is 30.7 Å². The van der Waals surface area contributed by atoms with E-state index in [9.17, 15) is 0 Å². The Morgan fingerprint density at radius 1 is 1.33 bits per heavy atom. The van der Waals surface area contributed by atoms with E-state index in [0.29, 0.717) is 0 Å². The highest BCUT2D eigenvalue weighted by Crippen LogP contribution is 2.20. The summed E-state index contributed by atoms with van der Waals surface area (Å²) >= 11 is 5.84. The minimum atomic E-state index is -0.345. The second-order valence-corrected chi connectivity index (χ2v) is 5.07. The standard InChI is InChI=1S/C11H18ClN3/c12-10(7-13)8-14-6-3-11(9-14)15-4-1-2-5-15/h10-11H,1-6,8-9H2. The Bertz CT molecular complexity index is 245. The summed E-state index contributed by atoms with van der Waals surface area (Å²) in [4.78, 5) is 4.92. The molecule has 4 heteroatoms. The molecule has 0 bridgehead atoms. The molecule has 2 aliphatic rings. The van der Waals surface area contributed by atoms with E-state index in [0.717, 1.165) is 25.7 Å². The summed E-state index contributed by atoms with van der Waals surface area (Å²) in [6, 6.07) is 2.80. The fraction of sp³-hybridized carbons (Fsp3) is 0.909. The third-order valence-corrected chi connectivity index (χ3v) is 3.70. The van der Waals surface area contributed by atoms with Gasteiger partial charge in [0.1, 0.15) is 5.38 Å². The molecule has 0 aromatic rings. The lowest BCUT2D eigenvalue weighted by Gasteiger charge is -2.23. The number of likely N-dealkylation sites (tertiary alicyclic amines) is 2. The van der Waals surface area contributed by atoms with Gasteiger partial charge in [0.25, 0.3) is 0 Å². The Labute approximate surface area is 96.6 Å². The van der Waals surface area contributed by atoms with Crippen LogP contribution < -0.4 is 0 Å². The third kappa shape index (κ3) is 2.84. The van der Waals surface area contributed by atoms with Crippen LogP contribution in [-0.2, 0) is 0 Å². The number of alkyl halides is 1. The fourth-order valence-corrected chi connectivity index (χ4v) is 2.85. The van der Waals surface area contributed by atoms with Crippen molar-refractivity contribution in [2.75, 3.05) is 32.7 Å². The summed E-state index contributed by atoms with van der Waals surface area (Å²) in [5, 5.41) is 8.31. The van der Waals surface area contributed by atoms with Crippen molar-refractivity contribution in [3.05, 3.63) is 0 Å². The van der Waals surface area contributed by atoms with Crippen molar-refractivity contribution in [3.8, 4) is 6.07 Å². The van der Waals surface area contributed by atoms with Crippen LogP contribution in [0, 0.1) is 11.3 Å². The molecule has 15 heavy (non-hydrogen) atoms. The topological polar surface area (TPSA) is 30.3 Å². The smallest absolute Gasteiger partial charge is 0.133 e. The maximum Gasteiger partial charge on any atom is 0.133 e. The highest BCUT2D eigenvalue weighted by atomic mass is 35.5. The highest BCUT2D eigenvalue weighted by molar-refractivity contribution is 6.22. The van der Waals surface area contributed by atoms with Crippen LogP contribution in [0.15, 0.2) is 0 Å². The monoisotopic (exact) mass is 227 g/mol. The lowest BCUT2D eigenvalue weighted by molar-refractivity contribution is 0.234. The molecule has 2 aliphatic heterocycles. The van der Waals surface area contributed by atoms with Crippen LogP contribution >= 0.6 is 11.6 Å². The molecule has 2 heterocycles. The Balaban J connectivity index is 1.76. The summed E-state index contributed by atoms with van der Waals surface area (Å²) < 4.78 is 0. The maximum absolute atomic E-state index is 8.65. The van der Waals surface area contributed by atoms with Crippen molar-refractivity contribution in [1.82, 2.24) is 9.80 Å². The van der Waals surface area contributed by atoms with Gasteiger partial charge in [-0.25, -0.2) is 0 Å². The predicted molar refractivity (Wildman–Crippen MR) is 60.9 cm³/mol. The zero-order valence-electron chi connectivity index (χ0n) is 9.03. The van der Waals surface area contributed by atoms with E-state index in [2.05, 4.69) is 15.9 Å². The minimum absolute atomic E-state index is 0.345. The number of nitriles is 1. The number of hydrogen-bond donors (Lipinski definition) is 0. The molecular formula is C11H18ClN3. The summed E-state index contributed by atoms with van der Waals surface area (Å²) in [7, 11) is 0. The first-order chi connectivity index (χ1) is 7.29. The van der Waals surface area contributed by atoms with Crippen LogP contribution in [-0.4, -0.2) is 53.9 Å². The zero-order chi connectivity index (χ0) is 10.7. The van der Waals surface area contributed by atoms with E-state index in [1.165, 1.54) is 32.4 Å². The van der Waals surface area contributed by atoms with Gasteiger partial charge in [0.15, 0.2) is 0 Å². The second-order valence-electron chi connectivity index (χ2n) is 4.54. The van der Waals surface area contributed by atoms with Gasteiger partial charge >= 0.3 is 0 Å². The van der Waals surface area contributed by atoms with Crippen molar-refractivity contribution >= 4 is 11.6 Å². The molecule has 3 nitrogen and oxygen atoms in total. The van der Waals surface area contributed by atoms with Crippen molar-refractivity contribution in [2.24, 2.45) is 0 Å². The SMILES string of the molecule is N#CC(Cl)CN1CCC(N2CCCC2)C1. The molecule has 0 aliphatic carbocycles. The van der Waals surface area contributed by atoms with Crippen LogP contribution in [0.4, 0.5) is 0 Å². The van der Waals surface area contributed by atoms with Gasteiger partial charge < -0.3 is 0 Å². The summed E-state index contributed by atoms with van der Waals surface area (Å²) in [5.74, 6) is 0. The zero-order valence-corrected chi connectivity index (χ0v) is 9.79. The van der Waals surface area contributed by atoms with Crippen LogP contribution in [0.5, 0.6) is 0 Å². The van der Waals surface area contributed by atoms with Gasteiger partial charge in [-0.2, -0.15) is 5.26 Å². The van der Waals surface area contributed by atoms with E-state index in [1.54, 1.807) is 0 Å². The minimum Gasteiger partial charge on any atom is -0.299 e. The quantitative estimate of drug-likeness (QED) is 0.681. The summed E-state index contributed by atoms with van der Waals surface area (Å²) in [6.45, 7) is 5.46. The van der Waals surface area contributed by atoms with Crippen LogP contribution in [0.1, 0.15) is 19.3 Å². The average molecular weight is 228 g/mol. The van der Waals surface area contributed by atoms with Gasteiger partial charge in [-0.05, 0) is 38.9 Å². The van der Waals surface area contributed by atoms with Crippen molar-refractivity contribution in [3.63, 3.8) is 0 Å². The Kier molecular flexibility index (Phi) is 3.85. The predicted octanol–water partition coefficient (Wildman–Crippen LogP) is 1.29. The molecule has 2 fully saturated rings. The largest absolute Gasteiger partial charge is 0.299 e. The number of nitrogens with zero attached hydrogens (tertiary/aromatic N) is 3. The Morgan fingerprint density at radius 2 is 2.07 bits per heavy atom. The lowest BCUT2D eigenvalue weighted by Crippen LogP contribution is -2.36. The van der Waals surface area contributed by atoms with Crippen molar-refractivity contribution in [1.29, 1.82) is 5.26 Å². The molecule has 84 valence electrons. The van der Waals surface area contributed by atoms with E-state index < -0.39 is 0 Å². The maximum atomic E-state index is 8.65. The van der Waals surface area contributed by atoms with Gasteiger partial charge in [0.05, 0.1) is 6.07 Å². The van der Waals surface area contributed by atoms with Crippen molar-refractivity contribution < 1.29 is 0 Å². The summed E-state index contributed by atoms with van der Waals surface area (Å²) in [6.07, 6.45) is 3.95. The molecule has 0 saturated carbocycles. The van der Waals surface area contributed by atoms with Gasteiger partial charge in [-0.3, -0.25) is 9.80 Å². The number of halogens is 1. The first kappa shape index (κ1) is 11.2. The molecule has 0 spiro atoms. The highest BCUT2D eigenvalue weighted by Gasteiger charge is 2.29. The van der Waals surface area contributed by atoms with Gasteiger partial charge in [0.2, 0.25) is 0 Å². The van der Waals surface area contributed by atoms with E-state index in [1.807, 2.05) is 0 Å². The molecule has 2 atom stereocenters. The van der Waals surface area contributed by atoms with E-state index in [4.69, 9.17) is 16.9 Å². The molecular weight excluding hydrogens is 210 g/mol. The second kappa shape index (κ2) is 5.16. The van der Waals surface area contributed by atoms with E-state index >= 15 is 0 Å². The van der Waals surface area contributed by atoms with Gasteiger partial charge in [0, 0.05) is 19.1 Å². The molecule has 0 radical (unpaired) electrons. The lowest BCUT2D eigenvalue weighted by atomic mass is 10.2. The average Bonchev–Trinajstić information content (AvgIpc) is 2.85.